The van der Waals surface area contributed by atoms with E-state index in [4.69, 9.17) is 17.2 Å². The highest BCUT2D eigenvalue weighted by atomic mass is 16.4. The Kier molecular flexibility index (Phi) is 13.4. The Bertz CT molecular complexity index is 1120. The van der Waals surface area contributed by atoms with Gasteiger partial charge in [-0.15, -0.1) is 0 Å². The summed E-state index contributed by atoms with van der Waals surface area (Å²) in [5.41, 5.74) is 17.2. The zero-order valence-corrected chi connectivity index (χ0v) is 22.8. The van der Waals surface area contributed by atoms with Gasteiger partial charge in [0.2, 0.25) is 17.7 Å². The summed E-state index contributed by atoms with van der Waals surface area (Å²) in [4.78, 5) is 80.9. The molecule has 0 aliphatic carbocycles. The fraction of sp³-hybridized carbons (Fsp3) is 0.519. The lowest BCUT2D eigenvalue weighted by atomic mass is 9.83. The average molecular weight is 574 g/mol. The molecule has 1 fully saturated rings. The van der Waals surface area contributed by atoms with Crippen molar-refractivity contribution in [1.29, 1.82) is 0 Å². The van der Waals surface area contributed by atoms with Crippen LogP contribution in [0.1, 0.15) is 44.1 Å². The van der Waals surface area contributed by atoms with E-state index in [1.807, 2.05) is 0 Å². The molecule has 3 amide bonds. The van der Waals surface area contributed by atoms with Crippen molar-refractivity contribution >= 4 is 41.2 Å². The average Bonchev–Trinajstić information content (AvgIpc) is 2.92. The van der Waals surface area contributed by atoms with Crippen molar-refractivity contribution in [2.24, 2.45) is 34.0 Å². The minimum atomic E-state index is -1.41. The second-order valence-electron chi connectivity index (χ2n) is 9.95. The Morgan fingerprint density at radius 2 is 1.59 bits per heavy atom. The van der Waals surface area contributed by atoms with Gasteiger partial charge in [0.1, 0.15) is 11.8 Å². The molecule has 0 spiro atoms. The third-order valence-electron chi connectivity index (χ3n) is 6.67. The summed E-state index contributed by atoms with van der Waals surface area (Å²) < 4.78 is 0. The normalized spacial score (nSPS) is 22.9. The van der Waals surface area contributed by atoms with Crippen LogP contribution in [-0.4, -0.2) is 78.0 Å². The number of nitrogens with one attached hydrogen (secondary N) is 3. The van der Waals surface area contributed by atoms with Crippen molar-refractivity contribution in [1.82, 2.24) is 16.0 Å². The summed E-state index contributed by atoms with van der Waals surface area (Å²) in [5, 5.41) is 16.8. The molecular formula is C27H39N7O7. The number of nitrogens with zero attached hydrogens (tertiary/aromatic N) is 1. The molecule has 2 rings (SSSR count). The maximum atomic E-state index is 13.6. The zero-order chi connectivity index (χ0) is 30.4. The Morgan fingerprint density at radius 3 is 2.22 bits per heavy atom. The molecule has 224 valence electrons. The van der Waals surface area contributed by atoms with E-state index in [-0.39, 0.29) is 56.9 Å². The molecule has 0 radical (unpaired) electrons. The van der Waals surface area contributed by atoms with Gasteiger partial charge < -0.3 is 38.3 Å². The quantitative estimate of drug-likeness (QED) is 0.0954. The molecule has 1 aromatic rings. The number of nitrogens with two attached hydrogens (primary N) is 3. The van der Waals surface area contributed by atoms with Gasteiger partial charge in [-0.05, 0) is 37.8 Å². The molecule has 1 aliphatic heterocycles. The predicted octanol–water partition coefficient (Wildman–Crippen LogP) is -1.64. The van der Waals surface area contributed by atoms with Crippen molar-refractivity contribution in [3.8, 4) is 0 Å². The number of carboxylic acid groups (broad SMARTS) is 1. The summed E-state index contributed by atoms with van der Waals surface area (Å²) in [6.45, 7) is -0.289. The second-order valence-corrected chi connectivity index (χ2v) is 9.95. The number of carbonyl (C=O) groups is 6. The van der Waals surface area contributed by atoms with Crippen LogP contribution in [-0.2, 0) is 35.2 Å². The molecule has 0 aromatic heterocycles. The van der Waals surface area contributed by atoms with Crippen LogP contribution in [0, 0.1) is 11.8 Å². The van der Waals surface area contributed by atoms with E-state index in [1.165, 1.54) is 0 Å². The van der Waals surface area contributed by atoms with E-state index in [0.29, 0.717) is 6.42 Å². The predicted molar refractivity (Wildman–Crippen MR) is 149 cm³/mol. The van der Waals surface area contributed by atoms with Crippen LogP contribution >= 0.6 is 0 Å². The van der Waals surface area contributed by atoms with Gasteiger partial charge >= 0.3 is 5.97 Å². The molecule has 1 aliphatic rings. The second kappa shape index (κ2) is 16.7. The summed E-state index contributed by atoms with van der Waals surface area (Å²) in [5.74, 6) is -6.31. The summed E-state index contributed by atoms with van der Waals surface area (Å²) in [7, 11) is 0. The summed E-state index contributed by atoms with van der Waals surface area (Å²) in [6, 6.07) is 6.45. The van der Waals surface area contributed by atoms with Crippen LogP contribution in [0.15, 0.2) is 35.3 Å². The molecular weight excluding hydrogens is 534 g/mol. The lowest BCUT2D eigenvalue weighted by Crippen LogP contribution is -2.51. The molecule has 10 N–H and O–H groups in total. The van der Waals surface area contributed by atoms with Gasteiger partial charge in [0, 0.05) is 31.2 Å². The number of rotatable bonds is 10. The number of benzene rings is 1. The number of aliphatic carboxylic acids is 1. The van der Waals surface area contributed by atoms with Gasteiger partial charge in [-0.25, -0.2) is 0 Å². The standard InChI is InChI=1S/C27H39N7O7/c28-9-8-17-12-21(35)18(11-16-5-2-1-3-6-16)13-22(36)20(14-24(38)39)33-23(37)15-32-26(41)19(34-25(17)40)7-4-10-31-27(29)30/h1-3,5-6,17-20H,4,7-15,28H2,(H,32,41)(H,33,37)(H,34,40)(H,38,39)(H4,29,30,31)/t17-,18-,19+,20?/m1/s1. The monoisotopic (exact) mass is 573 g/mol. The van der Waals surface area contributed by atoms with E-state index >= 15 is 0 Å². The van der Waals surface area contributed by atoms with E-state index in [2.05, 4.69) is 20.9 Å². The minimum absolute atomic E-state index is 0.0914. The van der Waals surface area contributed by atoms with E-state index in [0.717, 1.165) is 5.56 Å². The van der Waals surface area contributed by atoms with Crippen LogP contribution in [0.2, 0.25) is 0 Å². The molecule has 1 heterocycles. The van der Waals surface area contributed by atoms with Crippen molar-refractivity contribution < 1.29 is 33.9 Å². The molecule has 4 atom stereocenters. The molecule has 14 heteroatoms. The first-order valence-electron chi connectivity index (χ1n) is 13.4. The van der Waals surface area contributed by atoms with Gasteiger partial charge in [-0.1, -0.05) is 30.3 Å². The van der Waals surface area contributed by atoms with Crippen LogP contribution in [0.5, 0.6) is 0 Å². The van der Waals surface area contributed by atoms with Crippen LogP contribution in [0.4, 0.5) is 0 Å². The lowest BCUT2D eigenvalue weighted by Gasteiger charge is -2.23. The van der Waals surface area contributed by atoms with Gasteiger partial charge in [0.25, 0.3) is 0 Å². The highest BCUT2D eigenvalue weighted by Gasteiger charge is 2.33. The lowest BCUT2D eigenvalue weighted by molar-refractivity contribution is -0.140. The first kappa shape index (κ1) is 32.9. The van der Waals surface area contributed by atoms with Crippen LogP contribution < -0.4 is 33.2 Å². The molecule has 41 heavy (non-hydrogen) atoms. The first-order chi connectivity index (χ1) is 19.5. The first-order valence-corrected chi connectivity index (χ1v) is 13.4. The molecule has 0 saturated carbocycles. The zero-order valence-electron chi connectivity index (χ0n) is 22.8. The van der Waals surface area contributed by atoms with Crippen molar-refractivity contribution in [2.45, 2.75) is 57.0 Å². The number of Topliss-reactive ketones (excluding diaryl/α,β-unsaturated/α-hetero) is 2. The van der Waals surface area contributed by atoms with Crippen molar-refractivity contribution in [3.05, 3.63) is 35.9 Å². The third-order valence-corrected chi connectivity index (χ3v) is 6.67. The van der Waals surface area contributed by atoms with Gasteiger partial charge in [0.05, 0.1) is 19.0 Å². The maximum Gasteiger partial charge on any atom is 0.305 e. The number of amides is 3. The Labute approximate surface area is 237 Å². The number of hydrogen-bond acceptors (Lipinski definition) is 8. The van der Waals surface area contributed by atoms with Crippen LogP contribution in [0.25, 0.3) is 0 Å². The van der Waals surface area contributed by atoms with Gasteiger partial charge in [-0.2, -0.15) is 0 Å². The number of carbonyl (C=O) groups excluding carboxylic acids is 5. The largest absolute Gasteiger partial charge is 0.481 e. The topological polar surface area (TPSA) is 249 Å². The molecule has 0 bridgehead atoms. The number of aliphatic imine (C=N–C) groups is 1. The highest BCUT2D eigenvalue weighted by molar-refractivity contribution is 5.98. The summed E-state index contributed by atoms with van der Waals surface area (Å²) >= 11 is 0. The number of hydrogen-bond donors (Lipinski definition) is 7. The third kappa shape index (κ3) is 11.7. The van der Waals surface area contributed by atoms with Gasteiger partial charge in [-0.3, -0.25) is 33.8 Å². The van der Waals surface area contributed by atoms with E-state index in [9.17, 15) is 33.9 Å². The number of guanidine groups is 1. The molecule has 1 saturated heterocycles. The SMILES string of the molecule is NCC[C@@H]1CC(=O)[C@H](Cc2ccccc2)CC(=O)C(CC(=O)O)NC(=O)CNC(=O)[C@H](CCCN=C(N)N)NC1=O. The number of carboxylic acids is 1. The fourth-order valence-electron chi connectivity index (χ4n) is 4.54. The maximum absolute atomic E-state index is 13.6. The van der Waals surface area contributed by atoms with E-state index in [1.54, 1.807) is 30.3 Å². The summed E-state index contributed by atoms with van der Waals surface area (Å²) in [6.07, 6.45) is -0.534. The Hall–Kier alpha value is -4.33. The molecule has 1 aromatic carbocycles. The van der Waals surface area contributed by atoms with Crippen molar-refractivity contribution in [3.63, 3.8) is 0 Å². The van der Waals surface area contributed by atoms with Crippen LogP contribution in [0.3, 0.4) is 0 Å². The highest BCUT2D eigenvalue weighted by Crippen LogP contribution is 2.21. The smallest absolute Gasteiger partial charge is 0.305 e. The Balaban J connectivity index is 2.41. The van der Waals surface area contributed by atoms with E-state index < -0.39 is 66.4 Å². The fourth-order valence-corrected chi connectivity index (χ4v) is 4.54. The minimum Gasteiger partial charge on any atom is -0.481 e. The number of ketones is 2. The van der Waals surface area contributed by atoms with Crippen molar-refractivity contribution in [2.75, 3.05) is 19.6 Å². The van der Waals surface area contributed by atoms with Gasteiger partial charge in [0.15, 0.2) is 11.7 Å². The Morgan fingerprint density at radius 1 is 0.902 bits per heavy atom. The molecule has 14 nitrogen and oxygen atoms in total. The molecule has 1 unspecified atom stereocenters.